The van der Waals surface area contributed by atoms with Crippen molar-refractivity contribution in [3.8, 4) is 11.5 Å². The van der Waals surface area contributed by atoms with Crippen molar-refractivity contribution in [2.75, 3.05) is 0 Å². The number of carboxylic acid groups (broad SMARTS) is 1. The molecule has 0 amide bonds. The molecule has 0 atom stereocenters. The Bertz CT molecular complexity index is 534. The van der Waals surface area contributed by atoms with Gasteiger partial charge in [-0.25, -0.2) is 4.79 Å². The fourth-order valence-corrected chi connectivity index (χ4v) is 1.43. The number of phenols is 2. The molecule has 1 rings (SSSR count). The van der Waals surface area contributed by atoms with Crippen molar-refractivity contribution in [1.82, 2.24) is 0 Å². The van der Waals surface area contributed by atoms with Crippen LogP contribution in [-0.4, -0.2) is 34.3 Å². The fraction of sp³-hybridized carbons (Fsp3) is 0. The molecule has 1 aromatic rings. The van der Waals surface area contributed by atoms with Gasteiger partial charge in [-0.2, -0.15) is 8.42 Å². The molecule has 0 aliphatic carbocycles. The number of aromatic hydroxyl groups is 2. The summed E-state index contributed by atoms with van der Waals surface area (Å²) in [5.41, 5.74) is -0.817. The molecular formula is C7H8K2O7S. The molecule has 0 aromatic heterocycles. The molecule has 0 saturated heterocycles. The van der Waals surface area contributed by atoms with Gasteiger partial charge >= 0.3 is 109 Å². The molecular weight excluding hydrogens is 306 g/mol. The van der Waals surface area contributed by atoms with E-state index in [-0.39, 0.29) is 106 Å². The zero-order valence-electron chi connectivity index (χ0n) is 11.1. The minimum absolute atomic E-state index is 0. The van der Waals surface area contributed by atoms with Gasteiger partial charge in [-0.05, 0) is 6.07 Å². The van der Waals surface area contributed by atoms with Gasteiger partial charge in [0.2, 0.25) is 0 Å². The normalized spacial score (nSPS) is 9.94. The third kappa shape index (κ3) is 5.54. The average molecular weight is 314 g/mol. The van der Waals surface area contributed by atoms with Crippen LogP contribution in [-0.2, 0) is 10.1 Å². The number of aromatic carboxylic acids is 1. The second-order valence-electron chi connectivity index (χ2n) is 2.62. The quantitative estimate of drug-likeness (QED) is 0.243. The van der Waals surface area contributed by atoms with Crippen LogP contribution in [0.4, 0.5) is 0 Å². The number of carbonyl (C=O) groups is 1. The number of hydrogen-bond donors (Lipinski definition) is 4. The summed E-state index contributed by atoms with van der Waals surface area (Å²) in [7, 11) is -4.63. The summed E-state index contributed by atoms with van der Waals surface area (Å²) in [5.74, 6) is -3.54. The first-order valence-corrected chi connectivity index (χ1v) is 4.94. The van der Waals surface area contributed by atoms with E-state index in [2.05, 4.69) is 0 Å². The van der Waals surface area contributed by atoms with E-state index in [1.807, 2.05) is 0 Å². The Kier molecular flexibility index (Phi) is 9.68. The van der Waals surface area contributed by atoms with Crippen LogP contribution in [0.2, 0.25) is 0 Å². The zero-order valence-corrected chi connectivity index (χ0v) is 16.1. The molecule has 0 bridgehead atoms. The molecule has 86 valence electrons. The van der Waals surface area contributed by atoms with Crippen LogP contribution in [0, 0.1) is 0 Å². The van der Waals surface area contributed by atoms with Crippen molar-refractivity contribution in [2.45, 2.75) is 4.90 Å². The zero-order chi connectivity index (χ0) is 11.8. The number of benzene rings is 1. The van der Waals surface area contributed by atoms with Crippen molar-refractivity contribution in [3.05, 3.63) is 17.7 Å². The van der Waals surface area contributed by atoms with Gasteiger partial charge in [0.1, 0.15) is 5.56 Å². The summed E-state index contributed by atoms with van der Waals surface area (Å²) >= 11 is 0. The van der Waals surface area contributed by atoms with Crippen molar-refractivity contribution in [3.63, 3.8) is 0 Å². The largest absolute Gasteiger partial charge is 1.00 e. The third-order valence-corrected chi connectivity index (χ3v) is 2.42. The molecule has 4 N–H and O–H groups in total. The molecule has 0 aliphatic heterocycles. The van der Waals surface area contributed by atoms with Crippen molar-refractivity contribution in [1.29, 1.82) is 0 Å². The van der Waals surface area contributed by atoms with E-state index in [1.54, 1.807) is 0 Å². The van der Waals surface area contributed by atoms with Gasteiger partial charge in [-0.3, -0.25) is 4.55 Å². The van der Waals surface area contributed by atoms with Crippen molar-refractivity contribution < 1.29 is 139 Å². The van der Waals surface area contributed by atoms with Crippen LogP contribution >= 0.6 is 0 Å². The predicted octanol–water partition coefficient (Wildman–Crippen LogP) is -5.72. The Morgan fingerprint density at radius 2 is 1.65 bits per heavy atom. The van der Waals surface area contributed by atoms with Crippen LogP contribution in [0.1, 0.15) is 13.2 Å². The first-order chi connectivity index (χ1) is 6.73. The van der Waals surface area contributed by atoms with Gasteiger partial charge in [0.05, 0.1) is 4.90 Å². The number of hydrogen-bond acceptors (Lipinski definition) is 5. The second kappa shape index (κ2) is 7.92. The topological polar surface area (TPSA) is 132 Å². The van der Waals surface area contributed by atoms with E-state index in [4.69, 9.17) is 19.9 Å². The van der Waals surface area contributed by atoms with Crippen LogP contribution in [0.5, 0.6) is 11.5 Å². The molecule has 17 heavy (non-hydrogen) atoms. The average Bonchev–Trinajstić information content (AvgIpc) is 2.06. The van der Waals surface area contributed by atoms with Gasteiger partial charge < -0.3 is 18.2 Å². The smallest absolute Gasteiger partial charge is 1.00 e. The van der Waals surface area contributed by atoms with E-state index < -0.39 is 38.0 Å². The molecule has 0 fully saturated rings. The molecule has 0 heterocycles. The second-order valence-corrected chi connectivity index (χ2v) is 4.04. The van der Waals surface area contributed by atoms with E-state index in [0.717, 1.165) is 0 Å². The number of rotatable bonds is 2. The standard InChI is InChI=1S/C7H6O7S.2K.2H/c8-5-2-3(15(12,13)14)1-4(6(5)9)7(10)11;;;;/h1-2,8-9H,(H,10,11)(H,12,13,14);;;;/q;2*+1;2*-1. The Morgan fingerprint density at radius 1 is 1.18 bits per heavy atom. The Hall–Kier alpha value is 1.47. The SMILES string of the molecule is O=C(O)c1cc(S(=O)(=O)O)cc(O)c1O.[H-].[H-].[K+].[K+]. The monoisotopic (exact) mass is 314 g/mol. The van der Waals surface area contributed by atoms with Crippen molar-refractivity contribution in [2.24, 2.45) is 0 Å². The molecule has 7 nitrogen and oxygen atoms in total. The van der Waals surface area contributed by atoms with Crippen LogP contribution in [0.15, 0.2) is 17.0 Å². The summed E-state index contributed by atoms with van der Waals surface area (Å²) in [6.07, 6.45) is 0. The summed E-state index contributed by atoms with van der Waals surface area (Å²) in [5, 5.41) is 26.6. The maximum atomic E-state index is 10.6. The first kappa shape index (κ1) is 20.8. The predicted molar refractivity (Wildman–Crippen MR) is 48.8 cm³/mol. The number of phenolic OH excluding ortho intramolecular Hbond substituents is 1. The minimum Gasteiger partial charge on any atom is -1.00 e. The number of carboxylic acids is 1. The van der Waals surface area contributed by atoms with Crippen molar-refractivity contribution >= 4 is 16.1 Å². The van der Waals surface area contributed by atoms with Gasteiger partial charge in [0.25, 0.3) is 10.1 Å². The van der Waals surface area contributed by atoms with Gasteiger partial charge in [0, 0.05) is 6.07 Å². The van der Waals surface area contributed by atoms with Gasteiger partial charge in [-0.15, -0.1) is 0 Å². The summed E-state index contributed by atoms with van der Waals surface area (Å²) < 4.78 is 29.9. The Morgan fingerprint density at radius 3 is 2.00 bits per heavy atom. The minimum atomic E-state index is -4.63. The third-order valence-electron chi connectivity index (χ3n) is 1.59. The van der Waals surface area contributed by atoms with Crippen LogP contribution in [0.25, 0.3) is 0 Å². The first-order valence-electron chi connectivity index (χ1n) is 3.50. The van der Waals surface area contributed by atoms with E-state index >= 15 is 0 Å². The van der Waals surface area contributed by atoms with Crippen LogP contribution < -0.4 is 103 Å². The van der Waals surface area contributed by atoms with Gasteiger partial charge in [-0.1, -0.05) is 0 Å². The molecule has 0 unspecified atom stereocenters. The molecule has 0 aliphatic rings. The maximum Gasteiger partial charge on any atom is 1.00 e. The van der Waals surface area contributed by atoms with Crippen LogP contribution in [0.3, 0.4) is 0 Å². The maximum absolute atomic E-state index is 10.6. The summed E-state index contributed by atoms with van der Waals surface area (Å²) in [6, 6.07) is 1.07. The van der Waals surface area contributed by atoms with E-state index in [0.29, 0.717) is 12.1 Å². The fourth-order valence-electron chi connectivity index (χ4n) is 0.905. The molecule has 10 heteroatoms. The molecule has 0 saturated carbocycles. The molecule has 0 spiro atoms. The Labute approximate surface area is 185 Å². The molecule has 1 aromatic carbocycles. The van der Waals surface area contributed by atoms with Gasteiger partial charge in [0.15, 0.2) is 11.5 Å². The summed E-state index contributed by atoms with van der Waals surface area (Å²) in [4.78, 5) is 9.70. The Balaban J connectivity index is -0.000000281. The summed E-state index contributed by atoms with van der Waals surface area (Å²) in [6.45, 7) is 0. The molecule has 0 radical (unpaired) electrons. The van der Waals surface area contributed by atoms with E-state index in [1.165, 1.54) is 0 Å². The van der Waals surface area contributed by atoms with E-state index in [9.17, 15) is 13.2 Å².